The molecule has 0 radical (unpaired) electrons. The molecule has 108 valence electrons. The van der Waals surface area contributed by atoms with Gasteiger partial charge in [-0.05, 0) is 48.0 Å². The van der Waals surface area contributed by atoms with Crippen LogP contribution in [0.3, 0.4) is 0 Å². The molecule has 1 aromatic rings. The number of rotatable bonds is 1. The number of hydrogen-bond acceptors (Lipinski definition) is 3. The SMILES string of the molecule is CN1CCN(C(=O)c2cc(N)ccc2Br)C(C)(C)C1=O. The van der Waals surface area contributed by atoms with Crippen LogP contribution in [0.15, 0.2) is 22.7 Å². The van der Waals surface area contributed by atoms with E-state index in [4.69, 9.17) is 5.73 Å². The lowest BCUT2D eigenvalue weighted by Gasteiger charge is -2.44. The van der Waals surface area contributed by atoms with Crippen LogP contribution in [0.2, 0.25) is 0 Å². The van der Waals surface area contributed by atoms with Crippen molar-refractivity contribution in [3.63, 3.8) is 0 Å². The van der Waals surface area contributed by atoms with Gasteiger partial charge in [-0.3, -0.25) is 9.59 Å². The lowest BCUT2D eigenvalue weighted by Crippen LogP contribution is -2.63. The van der Waals surface area contributed by atoms with Gasteiger partial charge in [0.05, 0.1) is 5.56 Å². The molecule has 0 bridgehead atoms. The van der Waals surface area contributed by atoms with Crippen LogP contribution in [0.25, 0.3) is 0 Å². The lowest BCUT2D eigenvalue weighted by atomic mass is 9.96. The Kier molecular flexibility index (Phi) is 3.77. The Bertz CT molecular complexity index is 572. The van der Waals surface area contributed by atoms with Crippen LogP contribution in [-0.2, 0) is 4.79 Å². The highest BCUT2D eigenvalue weighted by Crippen LogP contribution is 2.27. The van der Waals surface area contributed by atoms with Gasteiger partial charge >= 0.3 is 0 Å². The summed E-state index contributed by atoms with van der Waals surface area (Å²) in [4.78, 5) is 28.2. The number of hydrogen-bond donors (Lipinski definition) is 1. The number of nitrogen functional groups attached to an aromatic ring is 1. The first-order valence-corrected chi connectivity index (χ1v) is 7.17. The molecule has 1 fully saturated rings. The molecule has 6 heteroatoms. The molecule has 1 saturated heterocycles. The fourth-order valence-electron chi connectivity index (χ4n) is 2.42. The quantitative estimate of drug-likeness (QED) is 0.792. The normalized spacial score (nSPS) is 18.3. The number of amides is 2. The van der Waals surface area contributed by atoms with Crippen molar-refractivity contribution in [2.45, 2.75) is 19.4 Å². The Morgan fingerprint density at radius 2 is 2.00 bits per heavy atom. The molecule has 0 saturated carbocycles. The van der Waals surface area contributed by atoms with Gasteiger partial charge in [0.2, 0.25) is 5.91 Å². The summed E-state index contributed by atoms with van der Waals surface area (Å²) in [6, 6.07) is 5.10. The number of halogens is 1. The van der Waals surface area contributed by atoms with Crippen molar-refractivity contribution in [1.82, 2.24) is 9.80 Å². The van der Waals surface area contributed by atoms with Crippen molar-refractivity contribution in [3.05, 3.63) is 28.2 Å². The smallest absolute Gasteiger partial charge is 0.256 e. The van der Waals surface area contributed by atoms with Gasteiger partial charge < -0.3 is 15.5 Å². The molecule has 1 heterocycles. The Balaban J connectivity index is 2.38. The van der Waals surface area contributed by atoms with E-state index in [0.29, 0.717) is 28.8 Å². The minimum atomic E-state index is -0.853. The summed E-state index contributed by atoms with van der Waals surface area (Å²) in [6.07, 6.45) is 0. The third-order valence-corrected chi connectivity index (χ3v) is 4.36. The molecule has 2 amide bonds. The Morgan fingerprint density at radius 3 is 2.65 bits per heavy atom. The third kappa shape index (κ3) is 2.40. The zero-order chi connectivity index (χ0) is 15.1. The maximum absolute atomic E-state index is 12.7. The highest BCUT2D eigenvalue weighted by atomic mass is 79.9. The highest BCUT2D eigenvalue weighted by molar-refractivity contribution is 9.10. The van der Waals surface area contributed by atoms with Gasteiger partial charge in [-0.2, -0.15) is 0 Å². The molecule has 2 N–H and O–H groups in total. The topological polar surface area (TPSA) is 66.6 Å². The van der Waals surface area contributed by atoms with E-state index in [-0.39, 0.29) is 11.8 Å². The van der Waals surface area contributed by atoms with Gasteiger partial charge in [0.15, 0.2) is 0 Å². The van der Waals surface area contributed by atoms with E-state index in [9.17, 15) is 9.59 Å². The second-order valence-corrected chi connectivity index (χ2v) is 6.34. The van der Waals surface area contributed by atoms with Gasteiger partial charge in [0, 0.05) is 30.3 Å². The molecule has 1 aromatic carbocycles. The van der Waals surface area contributed by atoms with Crippen molar-refractivity contribution < 1.29 is 9.59 Å². The standard InChI is InChI=1S/C14H18BrN3O2/c1-14(2)13(20)17(3)6-7-18(14)12(19)10-8-9(16)4-5-11(10)15/h4-5,8H,6-7,16H2,1-3H3. The fraction of sp³-hybridized carbons (Fsp3) is 0.429. The molecule has 0 unspecified atom stereocenters. The van der Waals surface area contributed by atoms with E-state index in [1.165, 1.54) is 0 Å². The van der Waals surface area contributed by atoms with Crippen LogP contribution in [-0.4, -0.2) is 47.3 Å². The summed E-state index contributed by atoms with van der Waals surface area (Å²) in [5.41, 5.74) is 5.90. The van der Waals surface area contributed by atoms with Gasteiger partial charge in [0.1, 0.15) is 5.54 Å². The molecule has 2 rings (SSSR count). The van der Waals surface area contributed by atoms with Crippen molar-refractivity contribution in [2.24, 2.45) is 0 Å². The molecule has 0 atom stereocenters. The monoisotopic (exact) mass is 339 g/mol. The van der Waals surface area contributed by atoms with Crippen molar-refractivity contribution >= 4 is 33.4 Å². The van der Waals surface area contributed by atoms with E-state index in [0.717, 1.165) is 0 Å². The minimum absolute atomic E-state index is 0.0582. The largest absolute Gasteiger partial charge is 0.399 e. The number of benzene rings is 1. The molecule has 1 aliphatic rings. The molecular weight excluding hydrogens is 322 g/mol. The van der Waals surface area contributed by atoms with Gasteiger partial charge in [0.25, 0.3) is 5.91 Å². The second kappa shape index (κ2) is 5.09. The van der Waals surface area contributed by atoms with Crippen LogP contribution in [0.1, 0.15) is 24.2 Å². The first-order chi connectivity index (χ1) is 9.25. The van der Waals surface area contributed by atoms with Crippen molar-refractivity contribution in [3.8, 4) is 0 Å². The van der Waals surface area contributed by atoms with Crippen molar-refractivity contribution in [2.75, 3.05) is 25.9 Å². The number of likely N-dealkylation sites (N-methyl/N-ethyl adjacent to an activating group) is 1. The summed E-state index contributed by atoms with van der Waals surface area (Å²) in [6.45, 7) is 4.58. The zero-order valence-corrected chi connectivity index (χ0v) is 13.4. The van der Waals surface area contributed by atoms with Gasteiger partial charge in [-0.25, -0.2) is 0 Å². The highest BCUT2D eigenvalue weighted by Gasteiger charge is 2.43. The van der Waals surface area contributed by atoms with Gasteiger partial charge in [-0.15, -0.1) is 0 Å². The fourth-order valence-corrected chi connectivity index (χ4v) is 2.84. The first kappa shape index (κ1) is 14.8. The third-order valence-electron chi connectivity index (χ3n) is 3.67. The average Bonchev–Trinajstić information content (AvgIpc) is 2.38. The van der Waals surface area contributed by atoms with Crippen LogP contribution in [0.5, 0.6) is 0 Å². The number of nitrogens with zero attached hydrogens (tertiary/aromatic N) is 2. The number of piperazine rings is 1. The van der Waals surface area contributed by atoms with Crippen LogP contribution in [0, 0.1) is 0 Å². The molecule has 1 aliphatic heterocycles. The maximum atomic E-state index is 12.7. The lowest BCUT2D eigenvalue weighted by molar-refractivity contribution is -0.144. The molecule has 20 heavy (non-hydrogen) atoms. The molecule has 0 aliphatic carbocycles. The zero-order valence-electron chi connectivity index (χ0n) is 11.8. The first-order valence-electron chi connectivity index (χ1n) is 6.37. The van der Waals surface area contributed by atoms with Crippen LogP contribution >= 0.6 is 15.9 Å². The van der Waals surface area contributed by atoms with Crippen LogP contribution < -0.4 is 5.73 Å². The van der Waals surface area contributed by atoms with Crippen LogP contribution in [0.4, 0.5) is 5.69 Å². The van der Waals surface area contributed by atoms with E-state index in [1.54, 1.807) is 48.9 Å². The van der Waals surface area contributed by atoms with Crippen molar-refractivity contribution in [1.29, 1.82) is 0 Å². The summed E-state index contributed by atoms with van der Waals surface area (Å²) < 4.78 is 0.680. The Hall–Kier alpha value is -1.56. The van der Waals surface area contributed by atoms with E-state index in [1.807, 2.05) is 0 Å². The predicted molar refractivity (Wildman–Crippen MR) is 81.3 cm³/mol. The molecule has 0 spiro atoms. The summed E-state index contributed by atoms with van der Waals surface area (Å²) in [5.74, 6) is -0.243. The summed E-state index contributed by atoms with van der Waals surface area (Å²) in [5, 5.41) is 0. The molecule has 5 nitrogen and oxygen atoms in total. The second-order valence-electron chi connectivity index (χ2n) is 5.48. The Morgan fingerprint density at radius 1 is 1.35 bits per heavy atom. The summed E-state index contributed by atoms with van der Waals surface area (Å²) >= 11 is 3.36. The average molecular weight is 340 g/mol. The number of carbonyl (C=O) groups excluding carboxylic acids is 2. The number of nitrogens with two attached hydrogens (primary N) is 1. The van der Waals surface area contributed by atoms with E-state index < -0.39 is 5.54 Å². The molecule has 0 aromatic heterocycles. The Labute approximate surface area is 126 Å². The van der Waals surface area contributed by atoms with E-state index >= 15 is 0 Å². The predicted octanol–water partition coefficient (Wildman–Crippen LogP) is 1.72. The molecular formula is C14H18BrN3O2. The number of carbonyl (C=O) groups is 2. The van der Waals surface area contributed by atoms with E-state index in [2.05, 4.69) is 15.9 Å². The minimum Gasteiger partial charge on any atom is -0.399 e. The number of anilines is 1. The van der Waals surface area contributed by atoms with Gasteiger partial charge in [-0.1, -0.05) is 0 Å². The summed E-state index contributed by atoms with van der Waals surface area (Å²) in [7, 11) is 1.75. The maximum Gasteiger partial charge on any atom is 0.256 e.